The molecule has 0 rings (SSSR count). The Morgan fingerprint density at radius 1 is 0.923 bits per heavy atom. The number of rotatable bonds is 8. The van der Waals surface area contributed by atoms with Crippen LogP contribution < -0.4 is 0 Å². The average Bonchev–Trinajstić information content (AvgIpc) is 2.16. The van der Waals surface area contributed by atoms with Gasteiger partial charge in [-0.1, -0.05) is 63.8 Å². The predicted octanol–water partition coefficient (Wildman–Crippen LogP) is 4.68. The van der Waals surface area contributed by atoms with Crippen molar-refractivity contribution in [2.24, 2.45) is 0 Å². The second-order valence-electron chi connectivity index (χ2n) is 3.35. The molecule has 0 amide bonds. The Bertz CT molecular complexity index is 131. The molecule has 0 aliphatic carbocycles. The van der Waals surface area contributed by atoms with Crippen molar-refractivity contribution in [2.45, 2.75) is 51.9 Å². The first-order valence-corrected chi connectivity index (χ1v) is 5.52. The van der Waals surface area contributed by atoms with Gasteiger partial charge >= 0.3 is 0 Å². The Labute approximate surface area is 83.7 Å². The number of allylic oxidation sites excluding steroid dienone is 4. The van der Waals surface area contributed by atoms with Gasteiger partial charge in [-0.2, -0.15) is 0 Å². The van der Waals surface area contributed by atoms with Crippen molar-refractivity contribution in [3.63, 3.8) is 0 Å². The van der Waals surface area contributed by atoms with E-state index in [1.54, 1.807) is 0 Å². The fourth-order valence-electron chi connectivity index (χ4n) is 1.11. The molecule has 0 unspecified atom stereocenters. The van der Waals surface area contributed by atoms with Crippen LogP contribution in [0.5, 0.6) is 0 Å². The molecule has 0 fully saturated rings. The molecule has 0 spiro atoms. The van der Waals surface area contributed by atoms with Gasteiger partial charge in [0.05, 0.1) is 0 Å². The number of hydrogen-bond acceptors (Lipinski definition) is 0. The van der Waals surface area contributed by atoms with Crippen LogP contribution in [0.4, 0.5) is 0 Å². The summed E-state index contributed by atoms with van der Waals surface area (Å²) in [6.45, 7) is 6.04. The lowest BCUT2D eigenvalue weighted by atomic mass is 10.2. The highest BCUT2D eigenvalue weighted by molar-refractivity contribution is 5.02. The summed E-state index contributed by atoms with van der Waals surface area (Å²) in [6, 6.07) is 0. The van der Waals surface area contributed by atoms with Crippen LogP contribution in [0, 0.1) is 6.92 Å². The van der Waals surface area contributed by atoms with Crippen LogP contribution in [0.15, 0.2) is 24.3 Å². The quantitative estimate of drug-likeness (QED) is 0.375. The molecule has 0 aliphatic rings. The van der Waals surface area contributed by atoms with Crippen molar-refractivity contribution in [1.29, 1.82) is 0 Å². The monoisotopic (exact) mass is 179 g/mol. The Morgan fingerprint density at radius 2 is 1.54 bits per heavy atom. The highest BCUT2D eigenvalue weighted by atomic mass is 13.9. The lowest BCUT2D eigenvalue weighted by molar-refractivity contribution is 0.760. The van der Waals surface area contributed by atoms with E-state index in [0.29, 0.717) is 0 Å². The molecule has 0 nitrogen and oxygen atoms in total. The Hall–Kier alpha value is -0.520. The first-order valence-electron chi connectivity index (χ1n) is 5.52. The van der Waals surface area contributed by atoms with Gasteiger partial charge in [-0.15, -0.1) is 0 Å². The van der Waals surface area contributed by atoms with Crippen molar-refractivity contribution in [1.82, 2.24) is 0 Å². The molecule has 0 aromatic carbocycles. The molecule has 0 heteroatoms. The Balaban J connectivity index is 3.15. The number of hydrogen-bond donors (Lipinski definition) is 0. The standard InChI is InChI=1S/C13H23/c1-3-5-7-9-11-13-12-10-8-6-4-2/h10-13H,1,3-9H2,2H3/b12-10+,13-11+. The van der Waals surface area contributed by atoms with E-state index >= 15 is 0 Å². The first kappa shape index (κ1) is 12.5. The molecule has 0 aromatic rings. The van der Waals surface area contributed by atoms with Crippen molar-refractivity contribution in [3.05, 3.63) is 31.2 Å². The molecule has 0 saturated heterocycles. The molecule has 13 heavy (non-hydrogen) atoms. The van der Waals surface area contributed by atoms with Gasteiger partial charge in [0, 0.05) is 0 Å². The zero-order valence-electron chi connectivity index (χ0n) is 8.97. The van der Waals surface area contributed by atoms with Crippen molar-refractivity contribution < 1.29 is 0 Å². The largest absolute Gasteiger partial charge is 0.0845 e. The molecule has 1 radical (unpaired) electrons. The van der Waals surface area contributed by atoms with E-state index in [1.807, 2.05) is 0 Å². The second kappa shape index (κ2) is 11.5. The SMILES string of the molecule is [CH2]CCCC/C=C/C=C/CCCC. The van der Waals surface area contributed by atoms with Crippen LogP contribution in [0.1, 0.15) is 51.9 Å². The summed E-state index contributed by atoms with van der Waals surface area (Å²) in [5, 5.41) is 0. The van der Waals surface area contributed by atoms with Crippen LogP contribution in [-0.4, -0.2) is 0 Å². The zero-order chi connectivity index (χ0) is 9.78. The summed E-state index contributed by atoms with van der Waals surface area (Å²) in [6.07, 6.45) is 17.5. The second-order valence-corrected chi connectivity index (χ2v) is 3.35. The van der Waals surface area contributed by atoms with Gasteiger partial charge in [-0.3, -0.25) is 0 Å². The van der Waals surface area contributed by atoms with E-state index < -0.39 is 0 Å². The summed E-state index contributed by atoms with van der Waals surface area (Å²) < 4.78 is 0. The molecular weight excluding hydrogens is 156 g/mol. The van der Waals surface area contributed by atoms with E-state index in [9.17, 15) is 0 Å². The molecule has 0 bridgehead atoms. The third-order valence-electron chi connectivity index (χ3n) is 1.98. The summed E-state index contributed by atoms with van der Waals surface area (Å²) >= 11 is 0. The highest BCUT2D eigenvalue weighted by Crippen LogP contribution is 2.00. The van der Waals surface area contributed by atoms with E-state index in [-0.39, 0.29) is 0 Å². The molecule has 0 N–H and O–H groups in total. The topological polar surface area (TPSA) is 0 Å². The van der Waals surface area contributed by atoms with E-state index in [2.05, 4.69) is 38.2 Å². The number of unbranched alkanes of at least 4 members (excludes halogenated alkanes) is 5. The summed E-state index contributed by atoms with van der Waals surface area (Å²) in [4.78, 5) is 0. The minimum absolute atomic E-state index is 1.07. The zero-order valence-corrected chi connectivity index (χ0v) is 8.97. The van der Waals surface area contributed by atoms with Gasteiger partial charge in [0.1, 0.15) is 0 Å². The fourth-order valence-corrected chi connectivity index (χ4v) is 1.11. The molecule has 75 valence electrons. The minimum atomic E-state index is 1.07. The highest BCUT2D eigenvalue weighted by Gasteiger charge is 1.80. The molecule has 0 saturated carbocycles. The Kier molecular flexibility index (Phi) is 11.0. The normalized spacial score (nSPS) is 11.8. The third kappa shape index (κ3) is 11.5. The Morgan fingerprint density at radius 3 is 2.08 bits per heavy atom. The summed E-state index contributed by atoms with van der Waals surface area (Å²) in [5.41, 5.74) is 0. The summed E-state index contributed by atoms with van der Waals surface area (Å²) in [5.74, 6) is 0. The first-order chi connectivity index (χ1) is 6.41. The van der Waals surface area contributed by atoms with Crippen LogP contribution in [0.25, 0.3) is 0 Å². The predicted molar refractivity (Wildman–Crippen MR) is 61.6 cm³/mol. The van der Waals surface area contributed by atoms with Crippen molar-refractivity contribution >= 4 is 0 Å². The van der Waals surface area contributed by atoms with E-state index in [0.717, 1.165) is 6.42 Å². The smallest absolute Gasteiger partial charge is 0.0348 e. The van der Waals surface area contributed by atoms with E-state index in [1.165, 1.54) is 38.5 Å². The molecular formula is C13H23. The van der Waals surface area contributed by atoms with Crippen LogP contribution >= 0.6 is 0 Å². The maximum absolute atomic E-state index is 3.82. The van der Waals surface area contributed by atoms with E-state index in [4.69, 9.17) is 0 Å². The lowest BCUT2D eigenvalue weighted by Gasteiger charge is -1.90. The third-order valence-corrected chi connectivity index (χ3v) is 1.98. The van der Waals surface area contributed by atoms with Gasteiger partial charge in [0.2, 0.25) is 0 Å². The minimum Gasteiger partial charge on any atom is -0.0845 e. The van der Waals surface area contributed by atoms with Gasteiger partial charge in [0.25, 0.3) is 0 Å². The van der Waals surface area contributed by atoms with Gasteiger partial charge in [-0.25, -0.2) is 0 Å². The van der Waals surface area contributed by atoms with Crippen molar-refractivity contribution in [2.75, 3.05) is 0 Å². The molecule has 0 aliphatic heterocycles. The van der Waals surface area contributed by atoms with Crippen LogP contribution in [0.3, 0.4) is 0 Å². The van der Waals surface area contributed by atoms with Gasteiger partial charge in [-0.05, 0) is 19.3 Å². The van der Waals surface area contributed by atoms with Gasteiger partial charge < -0.3 is 0 Å². The fraction of sp³-hybridized carbons (Fsp3) is 0.615. The van der Waals surface area contributed by atoms with Gasteiger partial charge in [0.15, 0.2) is 0 Å². The maximum Gasteiger partial charge on any atom is -0.0348 e. The van der Waals surface area contributed by atoms with Crippen LogP contribution in [-0.2, 0) is 0 Å². The average molecular weight is 179 g/mol. The molecule has 0 aromatic heterocycles. The lowest BCUT2D eigenvalue weighted by Crippen LogP contribution is -1.70. The molecule has 0 atom stereocenters. The van der Waals surface area contributed by atoms with Crippen molar-refractivity contribution in [3.8, 4) is 0 Å². The van der Waals surface area contributed by atoms with Crippen LogP contribution in [0.2, 0.25) is 0 Å². The maximum atomic E-state index is 3.82. The molecule has 0 heterocycles. The summed E-state index contributed by atoms with van der Waals surface area (Å²) in [7, 11) is 0.